The molecule has 51 heavy (non-hydrogen) atoms. The Morgan fingerprint density at radius 1 is 0.333 bits per heavy atom. The molecule has 0 unspecified atom stereocenters. The summed E-state index contributed by atoms with van der Waals surface area (Å²) in [4.78, 5) is 0. The second kappa shape index (κ2) is 10.8. The summed E-state index contributed by atoms with van der Waals surface area (Å²) in [5, 5.41) is 7.14. The number of para-hydroxylation sites is 4. The van der Waals surface area contributed by atoms with Gasteiger partial charge in [-0.1, -0.05) is 121 Å². The van der Waals surface area contributed by atoms with E-state index in [1.54, 1.807) is 0 Å². The van der Waals surface area contributed by atoms with E-state index in [0.29, 0.717) is 0 Å². The van der Waals surface area contributed by atoms with Gasteiger partial charge >= 0.3 is 0 Å². The van der Waals surface area contributed by atoms with E-state index in [0.717, 1.165) is 38.9 Å². The van der Waals surface area contributed by atoms with Crippen LogP contribution in [0.15, 0.2) is 186 Å². The first-order valence-electron chi connectivity index (χ1n) is 17.4. The van der Waals surface area contributed by atoms with Gasteiger partial charge in [-0.2, -0.15) is 0 Å². The molecule has 0 amide bonds. The maximum absolute atomic E-state index is 6.52. The maximum atomic E-state index is 6.52. The van der Waals surface area contributed by atoms with Crippen LogP contribution in [0.4, 0.5) is 0 Å². The summed E-state index contributed by atoms with van der Waals surface area (Å²) in [6.45, 7) is 0. The summed E-state index contributed by atoms with van der Waals surface area (Å²) >= 11 is 0. The van der Waals surface area contributed by atoms with Crippen LogP contribution in [-0.2, 0) is 0 Å². The van der Waals surface area contributed by atoms with Crippen LogP contribution in [0.5, 0.6) is 0 Å². The van der Waals surface area contributed by atoms with Crippen LogP contribution < -0.4 is 0 Å². The lowest BCUT2D eigenvalue weighted by molar-refractivity contribution is 0.669. The Morgan fingerprint density at radius 2 is 0.902 bits per heavy atom. The number of rotatable bonds is 4. The fourth-order valence-electron chi connectivity index (χ4n) is 8.29. The first kappa shape index (κ1) is 28.0. The highest BCUT2D eigenvalue weighted by atomic mass is 16.3. The smallest absolute Gasteiger partial charge is 0.136 e. The third-order valence-electron chi connectivity index (χ3n) is 10.5. The van der Waals surface area contributed by atoms with Crippen molar-refractivity contribution in [3.05, 3.63) is 182 Å². The van der Waals surface area contributed by atoms with Crippen molar-refractivity contribution in [1.29, 1.82) is 0 Å². The zero-order chi connectivity index (χ0) is 33.5. The molecule has 238 valence electrons. The molecule has 8 aromatic carbocycles. The highest BCUT2D eigenvalue weighted by Crippen LogP contribution is 2.47. The first-order chi connectivity index (χ1) is 25.3. The summed E-state index contributed by atoms with van der Waals surface area (Å²) in [7, 11) is 0. The number of hydrogen-bond donors (Lipinski definition) is 0. The molecular weight excluding hydrogens is 621 g/mol. The largest absolute Gasteiger partial charge is 0.456 e. The quantitative estimate of drug-likeness (QED) is 0.186. The molecule has 0 aliphatic heterocycles. The van der Waals surface area contributed by atoms with Crippen LogP contribution in [0, 0.1) is 0 Å². The van der Waals surface area contributed by atoms with Crippen molar-refractivity contribution in [3.63, 3.8) is 0 Å². The molecule has 0 saturated heterocycles. The second-order valence-electron chi connectivity index (χ2n) is 13.3. The Kier molecular flexibility index (Phi) is 5.96. The van der Waals surface area contributed by atoms with Crippen molar-refractivity contribution in [2.45, 2.75) is 0 Å². The lowest BCUT2D eigenvalue weighted by atomic mass is 9.95. The van der Waals surface area contributed by atoms with Gasteiger partial charge in [0.15, 0.2) is 0 Å². The molecule has 3 nitrogen and oxygen atoms in total. The fraction of sp³-hybridized carbons (Fsp3) is 0. The number of hydrogen-bond acceptors (Lipinski definition) is 1. The van der Waals surface area contributed by atoms with E-state index >= 15 is 0 Å². The fourth-order valence-corrected chi connectivity index (χ4v) is 8.29. The third kappa shape index (κ3) is 4.12. The summed E-state index contributed by atoms with van der Waals surface area (Å²) in [6, 6.07) is 65.5. The Balaban J connectivity index is 1.32. The van der Waals surface area contributed by atoms with Gasteiger partial charge < -0.3 is 13.6 Å². The molecule has 0 aliphatic carbocycles. The zero-order valence-corrected chi connectivity index (χ0v) is 27.6. The van der Waals surface area contributed by atoms with Crippen LogP contribution >= 0.6 is 0 Å². The van der Waals surface area contributed by atoms with Crippen molar-refractivity contribution in [1.82, 2.24) is 9.13 Å². The molecule has 0 radical (unpaired) electrons. The average Bonchev–Trinajstić information content (AvgIpc) is 3.85. The van der Waals surface area contributed by atoms with Gasteiger partial charge in [0.05, 0.1) is 22.1 Å². The van der Waals surface area contributed by atoms with E-state index < -0.39 is 0 Å². The van der Waals surface area contributed by atoms with Crippen molar-refractivity contribution in [2.24, 2.45) is 0 Å². The summed E-state index contributed by atoms with van der Waals surface area (Å²) in [6.07, 6.45) is 0. The van der Waals surface area contributed by atoms with E-state index in [1.807, 2.05) is 6.07 Å². The van der Waals surface area contributed by atoms with Crippen molar-refractivity contribution in [3.8, 4) is 33.6 Å². The Morgan fingerprint density at radius 3 is 1.69 bits per heavy atom. The van der Waals surface area contributed by atoms with Gasteiger partial charge in [0.2, 0.25) is 0 Å². The van der Waals surface area contributed by atoms with E-state index in [2.05, 4.69) is 185 Å². The lowest BCUT2D eigenvalue weighted by Crippen LogP contribution is -1.97. The minimum Gasteiger partial charge on any atom is -0.456 e. The number of nitrogens with zero attached hydrogens (tertiary/aromatic N) is 2. The van der Waals surface area contributed by atoms with E-state index in [1.165, 1.54) is 60.3 Å². The molecule has 0 saturated carbocycles. The maximum Gasteiger partial charge on any atom is 0.136 e. The molecule has 0 bridgehead atoms. The van der Waals surface area contributed by atoms with Crippen LogP contribution in [0.3, 0.4) is 0 Å². The highest BCUT2D eigenvalue weighted by molar-refractivity contribution is 6.27. The van der Waals surface area contributed by atoms with Gasteiger partial charge in [-0.15, -0.1) is 0 Å². The normalized spacial score (nSPS) is 11.9. The predicted octanol–water partition coefficient (Wildman–Crippen LogP) is 13.1. The zero-order valence-electron chi connectivity index (χ0n) is 27.6. The van der Waals surface area contributed by atoms with Gasteiger partial charge in [-0.3, -0.25) is 0 Å². The standard InChI is InChI=1S/C48H30N2O/c1-3-13-31(14-4-1)32-23-26-35(27-24-32)50-41-20-10-7-17-36(41)40-30-43-47(39-19-8-11-21-42(39)49(43)34-15-5-2-6-16-34)46(48(40)50)33-25-28-38-37-18-9-12-22-44(37)51-45(38)29-33/h1-30H. The van der Waals surface area contributed by atoms with Crippen molar-refractivity contribution in [2.75, 3.05) is 0 Å². The van der Waals surface area contributed by atoms with E-state index in [4.69, 9.17) is 4.42 Å². The summed E-state index contributed by atoms with van der Waals surface area (Å²) < 4.78 is 11.4. The monoisotopic (exact) mass is 650 g/mol. The van der Waals surface area contributed by atoms with Gasteiger partial charge in [0.25, 0.3) is 0 Å². The van der Waals surface area contributed by atoms with Crippen LogP contribution in [0.25, 0.3) is 99.2 Å². The van der Waals surface area contributed by atoms with Gasteiger partial charge in [0.1, 0.15) is 11.2 Å². The molecular formula is C48H30N2O. The minimum atomic E-state index is 0.889. The molecule has 11 aromatic rings. The molecule has 3 aromatic heterocycles. The Labute approximate surface area is 293 Å². The Bertz CT molecular complexity index is 3110. The minimum absolute atomic E-state index is 0.889. The number of benzene rings is 8. The highest BCUT2D eigenvalue weighted by Gasteiger charge is 2.24. The van der Waals surface area contributed by atoms with Gasteiger partial charge in [-0.25, -0.2) is 0 Å². The number of aromatic nitrogens is 2. The lowest BCUT2D eigenvalue weighted by Gasteiger charge is -2.15. The van der Waals surface area contributed by atoms with Gasteiger partial charge in [-0.05, 0) is 77.4 Å². The molecule has 0 atom stereocenters. The van der Waals surface area contributed by atoms with E-state index in [-0.39, 0.29) is 0 Å². The molecule has 0 spiro atoms. The molecule has 3 heterocycles. The Hall–Kier alpha value is -6.84. The number of furan rings is 1. The van der Waals surface area contributed by atoms with Crippen LogP contribution in [0.2, 0.25) is 0 Å². The number of fused-ring (bicyclic) bond motifs is 9. The van der Waals surface area contributed by atoms with E-state index in [9.17, 15) is 0 Å². The topological polar surface area (TPSA) is 23.0 Å². The molecule has 3 heteroatoms. The second-order valence-corrected chi connectivity index (χ2v) is 13.3. The van der Waals surface area contributed by atoms with Crippen LogP contribution in [-0.4, -0.2) is 9.13 Å². The summed E-state index contributed by atoms with van der Waals surface area (Å²) in [5.41, 5.74) is 13.5. The SMILES string of the molecule is c1ccc(-c2ccc(-n3c4ccccc4c4cc5c(c(-c6ccc7c(c6)oc6ccccc67)c43)c3ccccc3n5-c3ccccc3)cc2)cc1. The molecule has 0 N–H and O–H groups in total. The van der Waals surface area contributed by atoms with Crippen molar-refractivity contribution < 1.29 is 4.42 Å². The predicted molar refractivity (Wildman–Crippen MR) is 213 cm³/mol. The average molecular weight is 651 g/mol. The van der Waals surface area contributed by atoms with Gasteiger partial charge in [0, 0.05) is 49.3 Å². The molecule has 0 fully saturated rings. The third-order valence-corrected chi connectivity index (χ3v) is 10.5. The van der Waals surface area contributed by atoms with Crippen molar-refractivity contribution >= 4 is 65.6 Å². The first-order valence-corrected chi connectivity index (χ1v) is 17.4. The molecule has 0 aliphatic rings. The molecule has 11 rings (SSSR count). The van der Waals surface area contributed by atoms with Crippen LogP contribution in [0.1, 0.15) is 0 Å². The summed E-state index contributed by atoms with van der Waals surface area (Å²) in [5.74, 6) is 0.